The van der Waals surface area contributed by atoms with E-state index in [9.17, 15) is 42.3 Å². The molecule has 0 saturated carbocycles. The number of benzene rings is 2. The number of carboxylic acid groups (broad SMARTS) is 1. The average Bonchev–Trinajstić information content (AvgIpc) is 2.96. The zero-order valence-corrected chi connectivity index (χ0v) is 24.1. The van der Waals surface area contributed by atoms with Crippen LogP contribution in [0.4, 0.5) is 13.2 Å². The normalized spacial score (nSPS) is 14.1. The fourth-order valence-corrected chi connectivity index (χ4v) is 4.73. The highest BCUT2D eigenvalue weighted by Crippen LogP contribution is 2.27. The molecule has 0 spiro atoms. The van der Waals surface area contributed by atoms with E-state index in [1.54, 1.807) is 0 Å². The molecule has 1 fully saturated rings. The van der Waals surface area contributed by atoms with Crippen LogP contribution in [0.3, 0.4) is 0 Å². The highest BCUT2D eigenvalue weighted by Gasteiger charge is 2.33. The maximum atomic E-state index is 14.2. The zero-order chi connectivity index (χ0) is 31.8. The van der Waals surface area contributed by atoms with E-state index < -0.39 is 77.7 Å². The molecule has 0 unspecified atom stereocenters. The molecule has 2 aromatic rings. The van der Waals surface area contributed by atoms with Crippen LogP contribution in [0.1, 0.15) is 41.5 Å². The lowest BCUT2D eigenvalue weighted by Crippen LogP contribution is -2.51. The molecule has 0 aliphatic carbocycles. The van der Waals surface area contributed by atoms with Gasteiger partial charge in [0, 0.05) is 25.6 Å². The molecular weight excluding hydrogens is 571 g/mol. The van der Waals surface area contributed by atoms with Crippen LogP contribution in [0.2, 0.25) is 0 Å². The number of Topliss-reactive ketones (excluding diaryl/α,β-unsaturated/α-hetero) is 1. The minimum absolute atomic E-state index is 0.0828. The van der Waals surface area contributed by atoms with E-state index in [1.807, 2.05) is 32.0 Å². The first kappa shape index (κ1) is 33.1. The molecule has 3 amide bonds. The summed E-state index contributed by atoms with van der Waals surface area (Å²) < 4.78 is 46.7. The van der Waals surface area contributed by atoms with Crippen molar-refractivity contribution >= 4 is 29.5 Å². The first-order valence-corrected chi connectivity index (χ1v) is 13.7. The molecule has 0 aromatic heterocycles. The van der Waals surface area contributed by atoms with E-state index in [4.69, 9.17) is 4.74 Å². The van der Waals surface area contributed by atoms with Gasteiger partial charge in [-0.1, -0.05) is 23.8 Å². The van der Waals surface area contributed by atoms with E-state index in [0.717, 1.165) is 16.7 Å². The summed E-state index contributed by atoms with van der Waals surface area (Å²) in [5.41, 5.74) is 2.97. The van der Waals surface area contributed by atoms with Crippen molar-refractivity contribution in [3.05, 3.63) is 64.0 Å². The maximum absolute atomic E-state index is 14.2. The van der Waals surface area contributed by atoms with Crippen molar-refractivity contribution in [3.63, 3.8) is 0 Å². The molecular formula is C30H34F3N3O7. The van der Waals surface area contributed by atoms with Crippen LogP contribution in [-0.2, 0) is 30.4 Å². The number of likely N-dealkylation sites (tertiary alicyclic amines) is 1. The lowest BCUT2D eigenvalue weighted by atomic mass is 9.95. The van der Waals surface area contributed by atoms with Crippen molar-refractivity contribution in [1.82, 2.24) is 15.5 Å². The Kier molecular flexibility index (Phi) is 11.3. The number of carbonyl (C=O) groups is 5. The molecule has 1 atom stereocenters. The van der Waals surface area contributed by atoms with E-state index in [2.05, 4.69) is 10.6 Å². The number of aliphatic carboxylic acids is 1. The molecule has 1 heterocycles. The van der Waals surface area contributed by atoms with Gasteiger partial charge >= 0.3 is 17.8 Å². The molecule has 1 saturated heterocycles. The molecule has 0 radical (unpaired) electrons. The second-order valence-corrected chi connectivity index (χ2v) is 10.5. The first-order valence-electron chi connectivity index (χ1n) is 13.7. The second kappa shape index (κ2) is 14.7. The molecule has 1 aliphatic rings. The van der Waals surface area contributed by atoms with Gasteiger partial charge in [-0.15, -0.1) is 0 Å². The Bertz CT molecular complexity index is 1380. The number of hydrogen-bond donors (Lipinski definition) is 3. The summed E-state index contributed by atoms with van der Waals surface area (Å²) in [6, 6.07) is 5.02. The van der Waals surface area contributed by atoms with Gasteiger partial charge in [0.1, 0.15) is 12.6 Å². The monoisotopic (exact) mass is 605 g/mol. The topological polar surface area (TPSA) is 142 Å². The summed E-state index contributed by atoms with van der Waals surface area (Å²) in [7, 11) is 0. The maximum Gasteiger partial charge on any atom is 0.311 e. The zero-order valence-electron chi connectivity index (χ0n) is 24.1. The van der Waals surface area contributed by atoms with Gasteiger partial charge in [-0.3, -0.25) is 24.0 Å². The number of piperidine rings is 1. The molecule has 43 heavy (non-hydrogen) atoms. The van der Waals surface area contributed by atoms with Gasteiger partial charge in [0.05, 0.1) is 6.42 Å². The van der Waals surface area contributed by atoms with Crippen LogP contribution in [0.25, 0.3) is 0 Å². The number of nitrogens with one attached hydrogen (secondary N) is 2. The number of rotatable bonds is 11. The lowest BCUT2D eigenvalue weighted by Gasteiger charge is -2.31. The molecule has 3 rings (SSSR count). The largest absolute Gasteiger partial charge is 0.481 e. The molecule has 0 bridgehead atoms. The third-order valence-corrected chi connectivity index (χ3v) is 7.27. The number of nitrogens with zero attached hydrogens (tertiary/aromatic N) is 1. The van der Waals surface area contributed by atoms with E-state index in [1.165, 1.54) is 11.8 Å². The number of ketones is 1. The van der Waals surface area contributed by atoms with Crippen LogP contribution in [-0.4, -0.2) is 71.8 Å². The molecule has 3 N–H and O–H groups in total. The number of carboxylic acids is 1. The number of hydrogen-bond acceptors (Lipinski definition) is 6. The Morgan fingerprint density at radius 1 is 1.00 bits per heavy atom. The summed E-state index contributed by atoms with van der Waals surface area (Å²) in [5.74, 6) is -10.7. The highest BCUT2D eigenvalue weighted by atomic mass is 19.2. The fourth-order valence-electron chi connectivity index (χ4n) is 4.73. The van der Waals surface area contributed by atoms with Gasteiger partial charge in [0.15, 0.2) is 23.2 Å². The van der Waals surface area contributed by atoms with Crippen molar-refractivity contribution in [2.45, 2.75) is 52.5 Å². The fraction of sp³-hybridized carbons (Fsp3) is 0.433. The van der Waals surface area contributed by atoms with E-state index in [-0.39, 0.29) is 38.0 Å². The van der Waals surface area contributed by atoms with Gasteiger partial charge < -0.3 is 25.4 Å². The molecule has 232 valence electrons. The van der Waals surface area contributed by atoms with Crippen molar-refractivity contribution in [3.8, 4) is 5.75 Å². The number of amides is 3. The van der Waals surface area contributed by atoms with Crippen LogP contribution < -0.4 is 15.4 Å². The van der Waals surface area contributed by atoms with Gasteiger partial charge in [-0.05, 0) is 62.8 Å². The highest BCUT2D eigenvalue weighted by molar-refractivity contribution is 6.35. The standard InChI is InChI=1S/C30H34F3N3O7/c1-16-4-5-17(2)20(12-16)6-9-34-29(41)30(42)36-10-7-19(8-11-36)28(40)35-22(14-24(38)39)23(37)15-43-27-25(32)18(3)13-21(31)26(27)33/h4-5,12-13,19,22H,6-11,14-15H2,1-3H3,(H,34,41)(H,35,40)(H,38,39)/t22-/m0/s1. The smallest absolute Gasteiger partial charge is 0.311 e. The summed E-state index contributed by atoms with van der Waals surface area (Å²) in [4.78, 5) is 63.2. The third-order valence-electron chi connectivity index (χ3n) is 7.27. The second-order valence-electron chi connectivity index (χ2n) is 10.5. The van der Waals surface area contributed by atoms with Gasteiger partial charge in [0.2, 0.25) is 11.7 Å². The molecule has 1 aliphatic heterocycles. The molecule has 2 aromatic carbocycles. The minimum atomic E-state index is -1.65. The van der Waals surface area contributed by atoms with Crippen molar-refractivity contribution < 1.29 is 47.0 Å². The Balaban J connectivity index is 1.50. The third kappa shape index (κ3) is 8.79. The summed E-state index contributed by atoms with van der Waals surface area (Å²) in [6.45, 7) is 4.51. The van der Waals surface area contributed by atoms with Gasteiger partial charge in [-0.2, -0.15) is 4.39 Å². The number of aryl methyl sites for hydroxylation is 3. The summed E-state index contributed by atoms with van der Waals surface area (Å²) >= 11 is 0. The number of ether oxygens (including phenoxy) is 1. The SMILES string of the molecule is Cc1ccc(C)c(CCNC(=O)C(=O)N2CCC(C(=O)N[C@@H](CC(=O)O)C(=O)COc3c(F)c(C)cc(F)c3F)CC2)c1. The molecule has 10 nitrogen and oxygen atoms in total. The van der Waals surface area contributed by atoms with Crippen LogP contribution >= 0.6 is 0 Å². The predicted octanol–water partition coefficient (Wildman–Crippen LogP) is 2.53. The summed E-state index contributed by atoms with van der Waals surface area (Å²) in [6.07, 6.45) is 0.0239. The first-order chi connectivity index (χ1) is 20.3. The molecule has 13 heteroatoms. The Morgan fingerprint density at radius 2 is 1.67 bits per heavy atom. The van der Waals surface area contributed by atoms with Crippen molar-refractivity contribution in [2.75, 3.05) is 26.2 Å². The van der Waals surface area contributed by atoms with E-state index >= 15 is 0 Å². The van der Waals surface area contributed by atoms with Crippen LogP contribution in [0.5, 0.6) is 5.75 Å². The van der Waals surface area contributed by atoms with Gasteiger partial charge in [-0.25, -0.2) is 8.78 Å². The van der Waals surface area contributed by atoms with Crippen molar-refractivity contribution in [1.29, 1.82) is 0 Å². The minimum Gasteiger partial charge on any atom is -0.481 e. The van der Waals surface area contributed by atoms with E-state index in [0.29, 0.717) is 12.5 Å². The quantitative estimate of drug-likeness (QED) is 0.264. The van der Waals surface area contributed by atoms with Crippen LogP contribution in [0, 0.1) is 44.1 Å². The number of halogens is 3. The number of carbonyl (C=O) groups excluding carboxylic acids is 4. The average molecular weight is 606 g/mol. The Morgan fingerprint density at radius 3 is 2.33 bits per heavy atom. The Hall–Kier alpha value is -4.42. The predicted molar refractivity (Wildman–Crippen MR) is 148 cm³/mol. The van der Waals surface area contributed by atoms with Gasteiger partial charge in [0.25, 0.3) is 0 Å². The Labute approximate surface area is 246 Å². The van der Waals surface area contributed by atoms with Crippen LogP contribution in [0.15, 0.2) is 24.3 Å². The lowest BCUT2D eigenvalue weighted by molar-refractivity contribution is -0.147. The van der Waals surface area contributed by atoms with Crippen molar-refractivity contribution in [2.24, 2.45) is 5.92 Å². The summed E-state index contributed by atoms with van der Waals surface area (Å²) in [5, 5.41) is 14.2.